The highest BCUT2D eigenvalue weighted by molar-refractivity contribution is 6.58. The topological polar surface area (TPSA) is 37.4 Å². The van der Waals surface area contributed by atoms with Crippen molar-refractivity contribution in [3.63, 3.8) is 0 Å². The summed E-state index contributed by atoms with van der Waals surface area (Å²) in [4.78, 5) is 22.6. The predicted molar refractivity (Wildman–Crippen MR) is 48.9 cm³/mol. The molecule has 0 aromatic rings. The number of hydrogen-bond acceptors (Lipinski definition) is 2. The fraction of sp³-hybridized carbons (Fsp3) is 0.750. The molecule has 0 radical (unpaired) electrons. The summed E-state index contributed by atoms with van der Waals surface area (Å²) in [5.74, 6) is -1.92. The van der Waals surface area contributed by atoms with Gasteiger partial charge in [-0.05, 0) is 12.8 Å². The lowest BCUT2D eigenvalue weighted by Crippen LogP contribution is -2.46. The van der Waals surface area contributed by atoms with Gasteiger partial charge in [0, 0.05) is 23.7 Å². The lowest BCUT2D eigenvalue weighted by atomic mass is 9.98. The van der Waals surface area contributed by atoms with Crippen molar-refractivity contribution in [2.45, 2.75) is 19.0 Å². The number of carbonyl (C=O) groups excluding carboxylic acids is 2. The van der Waals surface area contributed by atoms with Gasteiger partial charge in [-0.2, -0.15) is 13.2 Å². The molecular formula is C8H11AlF3NO2. The molecular weight excluding hydrogens is 226 g/mol. The van der Waals surface area contributed by atoms with Crippen LogP contribution in [-0.2, 0) is 9.59 Å². The minimum absolute atomic E-state index is 0.0387. The Kier molecular flexibility index (Phi) is 3.79. The van der Waals surface area contributed by atoms with Crippen LogP contribution in [0.15, 0.2) is 0 Å². The molecule has 0 unspecified atom stereocenters. The normalized spacial score (nSPS) is 19.0. The summed E-state index contributed by atoms with van der Waals surface area (Å²) in [5, 5.41) is 0. The molecule has 0 bridgehead atoms. The lowest BCUT2D eigenvalue weighted by Gasteiger charge is -2.31. The Morgan fingerprint density at radius 1 is 1.20 bits per heavy atom. The SMILES string of the molecule is O=[C]([AlH2])C1CCN(C(=O)C(F)(F)F)CC1. The van der Waals surface area contributed by atoms with Crippen LogP contribution in [-0.4, -0.2) is 51.0 Å². The molecule has 1 aliphatic heterocycles. The first-order chi connectivity index (χ1) is 6.82. The van der Waals surface area contributed by atoms with Crippen LogP contribution in [0, 0.1) is 5.92 Å². The van der Waals surface area contributed by atoms with E-state index in [-0.39, 0.29) is 23.7 Å². The van der Waals surface area contributed by atoms with Gasteiger partial charge in [0.1, 0.15) is 0 Å². The number of halogens is 3. The molecule has 15 heavy (non-hydrogen) atoms. The number of carbonyl (C=O) groups is 2. The predicted octanol–water partition coefficient (Wildman–Crippen LogP) is -0.0530. The van der Waals surface area contributed by atoms with Crippen LogP contribution in [0.5, 0.6) is 0 Å². The summed E-state index contributed by atoms with van der Waals surface area (Å²) in [7, 11) is 0. The van der Waals surface area contributed by atoms with Crippen LogP contribution in [0.2, 0.25) is 0 Å². The van der Waals surface area contributed by atoms with Crippen molar-refractivity contribution >= 4 is 26.8 Å². The summed E-state index contributed by atoms with van der Waals surface area (Å²) in [6.07, 6.45) is -4.06. The van der Waals surface area contributed by atoms with E-state index < -0.39 is 12.1 Å². The van der Waals surface area contributed by atoms with Crippen LogP contribution in [0.25, 0.3) is 0 Å². The first kappa shape index (κ1) is 12.5. The van der Waals surface area contributed by atoms with E-state index in [4.69, 9.17) is 0 Å². The molecule has 1 heterocycles. The molecule has 0 aromatic heterocycles. The lowest BCUT2D eigenvalue weighted by molar-refractivity contribution is -0.186. The van der Waals surface area contributed by atoms with E-state index in [1.165, 1.54) is 0 Å². The summed E-state index contributed by atoms with van der Waals surface area (Å²) in [6, 6.07) is 0. The van der Waals surface area contributed by atoms with Gasteiger partial charge in [-0.3, -0.25) is 4.79 Å². The quantitative estimate of drug-likeness (QED) is 0.599. The Labute approximate surface area is 93.0 Å². The molecule has 0 aromatic carbocycles. The fourth-order valence-electron chi connectivity index (χ4n) is 1.67. The Bertz CT molecular complexity index is 272. The zero-order valence-electron chi connectivity index (χ0n) is 8.30. The summed E-state index contributed by atoms with van der Waals surface area (Å²) < 4.78 is 36.2. The van der Waals surface area contributed by atoms with Gasteiger partial charge in [0.15, 0.2) is 0 Å². The molecule has 0 spiro atoms. The average molecular weight is 237 g/mol. The number of piperidine rings is 1. The largest absolute Gasteiger partial charge is 0.471 e. The second-order valence-electron chi connectivity index (χ2n) is 3.67. The third-order valence-corrected chi connectivity index (χ3v) is 3.42. The summed E-state index contributed by atoms with van der Waals surface area (Å²) >= 11 is 0.426. The Morgan fingerprint density at radius 2 is 1.67 bits per heavy atom. The van der Waals surface area contributed by atoms with Gasteiger partial charge in [-0.1, -0.05) is 0 Å². The Balaban J connectivity index is 2.51. The first-order valence-corrected chi connectivity index (χ1v) is 5.69. The molecule has 1 rings (SSSR count). The standard InChI is InChI=1S/C8H9F3NO2.Al.2H/c9-8(10,11)7(14)12-3-1-6(5-13)2-4-12;;;/h6H,1-4H2;;;. The number of alkyl halides is 3. The maximum absolute atomic E-state index is 12.0. The van der Waals surface area contributed by atoms with Gasteiger partial charge in [0.2, 0.25) is 0 Å². The van der Waals surface area contributed by atoms with Crippen molar-refractivity contribution in [1.29, 1.82) is 0 Å². The second-order valence-corrected chi connectivity index (χ2v) is 4.66. The molecule has 0 saturated carbocycles. The van der Waals surface area contributed by atoms with E-state index in [9.17, 15) is 22.8 Å². The van der Waals surface area contributed by atoms with E-state index in [0.29, 0.717) is 29.1 Å². The van der Waals surface area contributed by atoms with E-state index in [1.807, 2.05) is 0 Å². The number of amides is 1. The highest BCUT2D eigenvalue weighted by Crippen LogP contribution is 2.23. The van der Waals surface area contributed by atoms with E-state index in [2.05, 4.69) is 0 Å². The van der Waals surface area contributed by atoms with Crippen molar-refractivity contribution in [3.8, 4) is 0 Å². The number of hydrogen-bond donors (Lipinski definition) is 0. The maximum atomic E-state index is 12.0. The monoisotopic (exact) mass is 237 g/mol. The van der Waals surface area contributed by atoms with Gasteiger partial charge < -0.3 is 9.69 Å². The van der Waals surface area contributed by atoms with Gasteiger partial charge >= 0.3 is 28.4 Å². The number of nitrogens with zero attached hydrogens (tertiary/aromatic N) is 1. The van der Waals surface area contributed by atoms with Crippen LogP contribution in [0.3, 0.4) is 0 Å². The van der Waals surface area contributed by atoms with Crippen LogP contribution >= 0.6 is 0 Å². The smallest absolute Gasteiger partial charge is 0.335 e. The van der Waals surface area contributed by atoms with E-state index in [1.54, 1.807) is 0 Å². The van der Waals surface area contributed by atoms with Gasteiger partial charge in [0.25, 0.3) is 0 Å². The summed E-state index contributed by atoms with van der Waals surface area (Å²) in [6.45, 7) is 0.0774. The molecule has 0 atom stereocenters. The zero-order chi connectivity index (χ0) is 11.6. The molecule has 1 saturated heterocycles. The van der Waals surface area contributed by atoms with Crippen molar-refractivity contribution < 1.29 is 22.8 Å². The van der Waals surface area contributed by atoms with Gasteiger partial charge in [-0.15, -0.1) is 0 Å². The highest BCUT2D eigenvalue weighted by atomic mass is 27.0. The Hall–Kier alpha value is -0.538. The molecule has 0 aliphatic carbocycles. The molecule has 7 heteroatoms. The van der Waals surface area contributed by atoms with Gasteiger partial charge in [0.05, 0.1) is 0 Å². The molecule has 1 fully saturated rings. The van der Waals surface area contributed by atoms with Crippen molar-refractivity contribution in [2.75, 3.05) is 13.1 Å². The zero-order valence-corrected chi connectivity index (χ0v) is 10.3. The third kappa shape index (κ3) is 3.21. The van der Waals surface area contributed by atoms with Gasteiger partial charge in [-0.25, -0.2) is 0 Å². The van der Waals surface area contributed by atoms with Crippen molar-refractivity contribution in [1.82, 2.24) is 4.90 Å². The highest BCUT2D eigenvalue weighted by Gasteiger charge is 2.43. The minimum atomic E-state index is -4.79. The van der Waals surface area contributed by atoms with E-state index >= 15 is 0 Å². The summed E-state index contributed by atoms with van der Waals surface area (Å²) in [5.41, 5.74) is 0. The minimum Gasteiger partial charge on any atom is -0.335 e. The fourth-order valence-corrected chi connectivity index (χ4v) is 2.25. The second kappa shape index (κ2) is 4.54. The van der Waals surface area contributed by atoms with Crippen LogP contribution < -0.4 is 0 Å². The average Bonchev–Trinajstić information content (AvgIpc) is 2.15. The molecule has 1 aliphatic rings. The maximum Gasteiger partial charge on any atom is 0.471 e. The third-order valence-electron chi connectivity index (χ3n) is 2.60. The number of likely N-dealkylation sites (tertiary alicyclic amines) is 1. The van der Waals surface area contributed by atoms with Crippen LogP contribution in [0.4, 0.5) is 13.2 Å². The number of rotatable bonds is 1. The van der Waals surface area contributed by atoms with Crippen molar-refractivity contribution in [3.05, 3.63) is 0 Å². The molecule has 0 N–H and O–H groups in total. The molecule has 84 valence electrons. The first-order valence-electron chi connectivity index (χ1n) is 4.69. The molecule has 3 nitrogen and oxygen atoms in total. The van der Waals surface area contributed by atoms with Crippen LogP contribution in [0.1, 0.15) is 12.8 Å². The Morgan fingerprint density at radius 3 is 2.00 bits per heavy atom. The molecule has 1 amide bonds. The van der Waals surface area contributed by atoms with Crippen molar-refractivity contribution in [2.24, 2.45) is 5.92 Å². The van der Waals surface area contributed by atoms with E-state index in [0.717, 1.165) is 4.90 Å².